The summed E-state index contributed by atoms with van der Waals surface area (Å²) in [6.45, 7) is -1.56. The Morgan fingerprint density at radius 3 is 0.833 bits per heavy atom. The van der Waals surface area contributed by atoms with Crippen molar-refractivity contribution in [3.05, 3.63) is 0 Å². The lowest BCUT2D eigenvalue weighted by atomic mass is 10.3. The second-order valence-electron chi connectivity index (χ2n) is 3.45. The van der Waals surface area contributed by atoms with Crippen molar-refractivity contribution < 1.29 is 49.8 Å². The number of rotatable bonds is 6. The minimum atomic E-state index is -1.18. The van der Waals surface area contributed by atoms with E-state index in [2.05, 4.69) is 11.5 Å². The molecule has 0 saturated heterocycles. The number of carboxylic acid groups (broad SMARTS) is 4. The Balaban J connectivity index is -0.000000113. The monoisotopic (exact) mass is 360 g/mol. The van der Waals surface area contributed by atoms with Crippen molar-refractivity contribution in [3.63, 3.8) is 0 Å². The van der Waals surface area contributed by atoms with E-state index >= 15 is 0 Å². The van der Waals surface area contributed by atoms with Crippen LogP contribution in [0.25, 0.3) is 0 Å². The summed E-state index contributed by atoms with van der Waals surface area (Å²) in [4.78, 5) is 37.8. The van der Waals surface area contributed by atoms with Crippen molar-refractivity contribution in [2.75, 3.05) is 26.3 Å². The zero-order valence-corrected chi connectivity index (χ0v) is 12.6. The van der Waals surface area contributed by atoms with Gasteiger partial charge in [-0.1, -0.05) is 0 Å². The quantitative estimate of drug-likeness (QED) is 0.212. The molecule has 0 radical (unpaired) electrons. The SMILES string of the molecule is NCC(=O)O.NCC(=O)O.N[C@@H](CO)C(=O)O.N[C@@H](CO)C(=O)O. The molecule has 14 heteroatoms. The Morgan fingerprint density at radius 2 is 0.833 bits per heavy atom. The summed E-state index contributed by atoms with van der Waals surface area (Å²) >= 11 is 0. The lowest BCUT2D eigenvalue weighted by Crippen LogP contribution is -2.33. The van der Waals surface area contributed by atoms with Gasteiger partial charge in [0.2, 0.25) is 0 Å². The maximum atomic E-state index is 9.65. The Morgan fingerprint density at radius 1 is 0.667 bits per heavy atom. The van der Waals surface area contributed by atoms with Crippen molar-refractivity contribution in [2.24, 2.45) is 22.9 Å². The predicted molar refractivity (Wildman–Crippen MR) is 78.8 cm³/mol. The van der Waals surface area contributed by atoms with Crippen LogP contribution in [-0.4, -0.2) is 92.9 Å². The van der Waals surface area contributed by atoms with Gasteiger partial charge < -0.3 is 53.6 Å². The van der Waals surface area contributed by atoms with Crippen LogP contribution in [0.4, 0.5) is 0 Å². The molecule has 24 heavy (non-hydrogen) atoms. The molecule has 0 aliphatic heterocycles. The normalized spacial score (nSPS) is 10.9. The highest BCUT2D eigenvalue weighted by Crippen LogP contribution is 1.71. The van der Waals surface area contributed by atoms with E-state index in [0.717, 1.165) is 0 Å². The van der Waals surface area contributed by atoms with Crippen molar-refractivity contribution in [2.45, 2.75) is 12.1 Å². The number of aliphatic hydroxyl groups excluding tert-OH is 2. The zero-order valence-electron chi connectivity index (χ0n) is 12.6. The molecule has 2 atom stereocenters. The fraction of sp³-hybridized carbons (Fsp3) is 0.600. The molecular formula is C10H24N4O10. The number of nitrogens with two attached hydrogens (primary N) is 4. The van der Waals surface area contributed by atoms with E-state index in [-0.39, 0.29) is 13.1 Å². The van der Waals surface area contributed by atoms with Crippen LogP contribution in [0.15, 0.2) is 0 Å². The molecular weight excluding hydrogens is 336 g/mol. The van der Waals surface area contributed by atoms with E-state index in [1.807, 2.05) is 0 Å². The number of aliphatic carboxylic acids is 4. The summed E-state index contributed by atoms with van der Waals surface area (Å²) in [6, 6.07) is -2.25. The summed E-state index contributed by atoms with van der Waals surface area (Å²) < 4.78 is 0. The maximum absolute atomic E-state index is 9.65. The van der Waals surface area contributed by atoms with Crippen LogP contribution >= 0.6 is 0 Å². The predicted octanol–water partition coefficient (Wildman–Crippen LogP) is -5.16. The third-order valence-corrected chi connectivity index (χ3v) is 1.38. The first kappa shape index (κ1) is 29.6. The summed E-state index contributed by atoms with van der Waals surface area (Å²) in [5, 5.41) is 47.0. The third kappa shape index (κ3) is 36.7. The first-order valence-corrected chi connectivity index (χ1v) is 5.93. The second-order valence-corrected chi connectivity index (χ2v) is 3.45. The van der Waals surface area contributed by atoms with Crippen LogP contribution in [0.2, 0.25) is 0 Å². The minimum Gasteiger partial charge on any atom is -0.480 e. The highest BCUT2D eigenvalue weighted by atomic mass is 16.4. The fourth-order valence-electron chi connectivity index (χ4n) is 0.156. The molecule has 0 spiro atoms. The maximum Gasteiger partial charge on any atom is 0.322 e. The average Bonchev–Trinajstić information content (AvgIpc) is 2.54. The third-order valence-electron chi connectivity index (χ3n) is 1.38. The number of carboxylic acids is 4. The van der Waals surface area contributed by atoms with Gasteiger partial charge in [-0.3, -0.25) is 19.2 Å². The Bertz CT molecular complexity index is 332. The largest absolute Gasteiger partial charge is 0.480 e. The van der Waals surface area contributed by atoms with Gasteiger partial charge in [0.1, 0.15) is 12.1 Å². The molecule has 0 fully saturated rings. The molecule has 0 aromatic carbocycles. The molecule has 144 valence electrons. The molecule has 0 rings (SSSR count). The molecule has 14 N–H and O–H groups in total. The highest BCUT2D eigenvalue weighted by molar-refractivity contribution is 5.73. The van der Waals surface area contributed by atoms with E-state index in [1.54, 1.807) is 0 Å². The zero-order chi connectivity index (χ0) is 20.3. The van der Waals surface area contributed by atoms with Crippen LogP contribution in [0.5, 0.6) is 0 Å². The van der Waals surface area contributed by atoms with Crippen LogP contribution in [0.3, 0.4) is 0 Å². The van der Waals surface area contributed by atoms with Gasteiger partial charge in [0.25, 0.3) is 0 Å². The molecule has 14 nitrogen and oxygen atoms in total. The lowest BCUT2D eigenvalue weighted by Gasteiger charge is -1.96. The number of hydrogen-bond acceptors (Lipinski definition) is 10. The molecule has 0 saturated carbocycles. The Hall–Kier alpha value is -2.36. The first-order chi connectivity index (χ1) is 10.9. The molecule has 0 aliphatic rings. The van der Waals surface area contributed by atoms with Gasteiger partial charge in [-0.15, -0.1) is 0 Å². The van der Waals surface area contributed by atoms with Gasteiger partial charge in [0, 0.05) is 0 Å². The minimum absolute atomic E-state index is 0.278. The molecule has 0 heterocycles. The molecule has 0 amide bonds. The van der Waals surface area contributed by atoms with Crippen molar-refractivity contribution >= 4 is 23.9 Å². The van der Waals surface area contributed by atoms with Gasteiger partial charge >= 0.3 is 23.9 Å². The summed E-state index contributed by atoms with van der Waals surface area (Å²) in [5.74, 6) is -4.29. The van der Waals surface area contributed by atoms with E-state index in [9.17, 15) is 19.2 Å². The van der Waals surface area contributed by atoms with Crippen LogP contribution in [0, 0.1) is 0 Å². The number of hydrogen-bond donors (Lipinski definition) is 10. The van der Waals surface area contributed by atoms with Gasteiger partial charge in [-0.25, -0.2) is 0 Å². The van der Waals surface area contributed by atoms with Gasteiger partial charge in [0.05, 0.1) is 26.3 Å². The molecule has 0 aliphatic carbocycles. The fourth-order valence-corrected chi connectivity index (χ4v) is 0.156. The molecule has 0 unspecified atom stereocenters. The van der Waals surface area contributed by atoms with Crippen molar-refractivity contribution in [3.8, 4) is 0 Å². The number of carbonyl (C=O) groups is 4. The smallest absolute Gasteiger partial charge is 0.322 e. The first-order valence-electron chi connectivity index (χ1n) is 5.93. The van der Waals surface area contributed by atoms with Crippen molar-refractivity contribution in [1.29, 1.82) is 0 Å². The van der Waals surface area contributed by atoms with E-state index < -0.39 is 49.2 Å². The summed E-state index contributed by atoms with van der Waals surface area (Å²) in [5.41, 5.74) is 18.7. The highest BCUT2D eigenvalue weighted by Gasteiger charge is 2.07. The van der Waals surface area contributed by atoms with Gasteiger partial charge in [0.15, 0.2) is 0 Å². The van der Waals surface area contributed by atoms with Gasteiger partial charge in [-0.05, 0) is 0 Å². The van der Waals surface area contributed by atoms with Crippen LogP contribution in [0.1, 0.15) is 0 Å². The van der Waals surface area contributed by atoms with Crippen LogP contribution in [-0.2, 0) is 19.2 Å². The van der Waals surface area contributed by atoms with E-state index in [0.29, 0.717) is 0 Å². The number of aliphatic hydroxyl groups is 2. The van der Waals surface area contributed by atoms with E-state index in [1.165, 1.54) is 0 Å². The van der Waals surface area contributed by atoms with Gasteiger partial charge in [-0.2, -0.15) is 0 Å². The second kappa shape index (κ2) is 20.6. The molecule has 0 bridgehead atoms. The summed E-state index contributed by atoms with van der Waals surface area (Å²) in [6.07, 6.45) is 0. The topological polar surface area (TPSA) is 294 Å². The van der Waals surface area contributed by atoms with Crippen LogP contribution < -0.4 is 22.9 Å². The molecule has 0 aromatic rings. The van der Waals surface area contributed by atoms with E-state index in [4.69, 9.17) is 42.1 Å². The standard InChI is InChI=1S/2C3H7NO3.2C2H5NO2/c2*4-2(1-5)3(6)7;2*3-1-2(4)5/h2*2,5H,1,4H2,(H,6,7);2*1,3H2,(H,4,5)/t2*2-;;/m00../s1. The lowest BCUT2D eigenvalue weighted by molar-refractivity contribution is -0.140. The average molecular weight is 360 g/mol. The van der Waals surface area contributed by atoms with Crippen molar-refractivity contribution in [1.82, 2.24) is 0 Å². The Labute approximate surface area is 136 Å². The molecule has 0 aromatic heterocycles. The summed E-state index contributed by atoms with van der Waals surface area (Å²) in [7, 11) is 0. The Kier molecular flexibility index (Phi) is 25.5.